The molecule has 0 aliphatic carbocycles. The van der Waals surface area contributed by atoms with Crippen molar-refractivity contribution in [2.24, 2.45) is 5.73 Å². The van der Waals surface area contributed by atoms with Crippen LogP contribution in [0.3, 0.4) is 0 Å². The van der Waals surface area contributed by atoms with Crippen LogP contribution in [0.15, 0.2) is 6.20 Å². The molecule has 1 aromatic heterocycles. The van der Waals surface area contributed by atoms with Gasteiger partial charge in [-0.15, -0.1) is 5.10 Å². The molecule has 0 saturated carbocycles. The van der Waals surface area contributed by atoms with Crippen molar-refractivity contribution in [1.82, 2.24) is 15.0 Å². The van der Waals surface area contributed by atoms with E-state index >= 15 is 0 Å². The van der Waals surface area contributed by atoms with E-state index in [2.05, 4.69) is 10.3 Å². The summed E-state index contributed by atoms with van der Waals surface area (Å²) < 4.78 is 1.62. The molecule has 5 heteroatoms. The molecule has 5 nitrogen and oxygen atoms in total. The third-order valence-electron chi connectivity index (χ3n) is 1.89. The second-order valence-corrected chi connectivity index (χ2v) is 3.22. The van der Waals surface area contributed by atoms with Gasteiger partial charge >= 0.3 is 0 Å². The number of aliphatic hydroxyl groups is 1. The van der Waals surface area contributed by atoms with E-state index in [4.69, 9.17) is 5.73 Å². The van der Waals surface area contributed by atoms with Crippen LogP contribution in [-0.4, -0.2) is 26.2 Å². The van der Waals surface area contributed by atoms with E-state index in [1.54, 1.807) is 10.9 Å². The highest BCUT2D eigenvalue weighted by Crippen LogP contribution is 2.04. The van der Waals surface area contributed by atoms with Crippen LogP contribution in [0, 0.1) is 0 Å². The Morgan fingerprint density at radius 1 is 1.69 bits per heavy atom. The minimum absolute atomic E-state index is 0.104. The third-order valence-corrected chi connectivity index (χ3v) is 1.89. The lowest BCUT2D eigenvalue weighted by atomic mass is 10.2. The summed E-state index contributed by atoms with van der Waals surface area (Å²) in [5, 5.41) is 17.1. The fraction of sp³-hybridized carbons (Fsp3) is 0.750. The van der Waals surface area contributed by atoms with E-state index < -0.39 is 0 Å². The third kappa shape index (κ3) is 2.78. The molecule has 3 N–H and O–H groups in total. The minimum Gasteiger partial charge on any atom is -0.391 e. The van der Waals surface area contributed by atoms with Crippen molar-refractivity contribution in [3.63, 3.8) is 0 Å². The molecule has 0 fully saturated rings. The summed E-state index contributed by atoms with van der Waals surface area (Å²) in [7, 11) is 0. The zero-order valence-corrected chi connectivity index (χ0v) is 8.01. The number of hydrogen-bond donors (Lipinski definition) is 2. The van der Waals surface area contributed by atoms with Crippen molar-refractivity contribution < 1.29 is 5.11 Å². The van der Waals surface area contributed by atoms with E-state index in [0.717, 1.165) is 5.69 Å². The second kappa shape index (κ2) is 4.34. The maximum absolute atomic E-state index is 9.34. The first-order valence-electron chi connectivity index (χ1n) is 4.47. The maximum atomic E-state index is 9.34. The molecule has 2 atom stereocenters. The van der Waals surface area contributed by atoms with Gasteiger partial charge in [-0.05, 0) is 13.3 Å². The van der Waals surface area contributed by atoms with E-state index in [9.17, 15) is 5.11 Å². The Morgan fingerprint density at radius 2 is 2.38 bits per heavy atom. The molecule has 0 spiro atoms. The molecular weight excluding hydrogens is 168 g/mol. The number of aliphatic hydroxyl groups excluding tert-OH is 1. The summed E-state index contributed by atoms with van der Waals surface area (Å²) >= 11 is 0. The van der Waals surface area contributed by atoms with Gasteiger partial charge < -0.3 is 10.8 Å². The van der Waals surface area contributed by atoms with Crippen LogP contribution in [0.1, 0.15) is 32.0 Å². The largest absolute Gasteiger partial charge is 0.391 e. The zero-order chi connectivity index (χ0) is 9.84. The maximum Gasteiger partial charge on any atom is 0.0991 e. The number of hydrogen-bond acceptors (Lipinski definition) is 4. The lowest BCUT2D eigenvalue weighted by Gasteiger charge is -2.05. The molecule has 0 amide bonds. The Bertz CT molecular complexity index is 258. The number of nitrogens with two attached hydrogens (primary N) is 1. The van der Waals surface area contributed by atoms with Crippen LogP contribution < -0.4 is 5.73 Å². The fourth-order valence-corrected chi connectivity index (χ4v) is 0.956. The summed E-state index contributed by atoms with van der Waals surface area (Å²) in [5.41, 5.74) is 6.37. The van der Waals surface area contributed by atoms with Gasteiger partial charge in [-0.3, -0.25) is 0 Å². The first-order chi connectivity index (χ1) is 6.13. The van der Waals surface area contributed by atoms with Crippen molar-refractivity contribution in [1.29, 1.82) is 0 Å². The molecule has 2 unspecified atom stereocenters. The Hall–Kier alpha value is -0.940. The average Bonchev–Trinajstić information content (AvgIpc) is 2.52. The lowest BCUT2D eigenvalue weighted by molar-refractivity contribution is 0.144. The number of rotatable bonds is 4. The normalized spacial score (nSPS) is 15.7. The molecule has 0 saturated heterocycles. The summed E-state index contributed by atoms with van der Waals surface area (Å²) in [5.74, 6) is 0. The van der Waals surface area contributed by atoms with Crippen molar-refractivity contribution in [3.05, 3.63) is 11.9 Å². The first kappa shape index (κ1) is 10.1. The lowest BCUT2D eigenvalue weighted by Crippen LogP contribution is -2.15. The van der Waals surface area contributed by atoms with E-state index in [1.807, 2.05) is 13.8 Å². The van der Waals surface area contributed by atoms with Crippen LogP contribution in [0.2, 0.25) is 0 Å². The summed E-state index contributed by atoms with van der Waals surface area (Å²) in [6.07, 6.45) is 2.12. The van der Waals surface area contributed by atoms with Gasteiger partial charge in [0.25, 0.3) is 0 Å². The average molecular weight is 184 g/mol. The van der Waals surface area contributed by atoms with E-state index in [0.29, 0.717) is 13.0 Å². The molecule has 1 heterocycles. The van der Waals surface area contributed by atoms with Crippen LogP contribution in [0.25, 0.3) is 0 Å². The SMILES string of the molecule is CCC(O)Cn1cc(C(C)N)nn1. The highest BCUT2D eigenvalue weighted by atomic mass is 16.3. The smallest absolute Gasteiger partial charge is 0.0991 e. The quantitative estimate of drug-likeness (QED) is 0.694. The van der Waals surface area contributed by atoms with Gasteiger partial charge in [0.1, 0.15) is 0 Å². The zero-order valence-electron chi connectivity index (χ0n) is 8.01. The Morgan fingerprint density at radius 3 is 2.85 bits per heavy atom. The molecule has 0 aliphatic rings. The van der Waals surface area contributed by atoms with E-state index in [1.165, 1.54) is 0 Å². The van der Waals surface area contributed by atoms with Crippen molar-refractivity contribution in [2.45, 2.75) is 39.0 Å². The summed E-state index contributed by atoms with van der Waals surface area (Å²) in [6.45, 7) is 4.26. The molecule has 1 rings (SSSR count). The van der Waals surface area contributed by atoms with Crippen molar-refractivity contribution >= 4 is 0 Å². The van der Waals surface area contributed by atoms with Crippen LogP contribution >= 0.6 is 0 Å². The molecule has 0 radical (unpaired) electrons. The summed E-state index contributed by atoms with van der Waals surface area (Å²) in [4.78, 5) is 0. The predicted molar refractivity (Wildman–Crippen MR) is 48.9 cm³/mol. The molecule has 0 aromatic carbocycles. The standard InChI is InChI=1S/C8H16N4O/c1-3-7(13)4-12-5-8(6(2)9)10-11-12/h5-7,13H,3-4,9H2,1-2H3. The first-order valence-corrected chi connectivity index (χ1v) is 4.47. The van der Waals surface area contributed by atoms with Crippen LogP contribution in [0.4, 0.5) is 0 Å². The molecule has 13 heavy (non-hydrogen) atoms. The van der Waals surface area contributed by atoms with Gasteiger partial charge in [0.05, 0.1) is 24.5 Å². The van der Waals surface area contributed by atoms with Crippen LogP contribution in [0.5, 0.6) is 0 Å². The molecule has 0 bridgehead atoms. The predicted octanol–water partition coefficient (Wildman–Crippen LogP) is 0.0687. The fourth-order valence-electron chi connectivity index (χ4n) is 0.956. The van der Waals surface area contributed by atoms with Gasteiger partial charge in [0.2, 0.25) is 0 Å². The van der Waals surface area contributed by atoms with Crippen molar-refractivity contribution in [2.75, 3.05) is 0 Å². The van der Waals surface area contributed by atoms with Crippen LogP contribution in [-0.2, 0) is 6.54 Å². The highest BCUT2D eigenvalue weighted by Gasteiger charge is 2.07. The van der Waals surface area contributed by atoms with Gasteiger partial charge in [0, 0.05) is 6.04 Å². The van der Waals surface area contributed by atoms with Gasteiger partial charge in [-0.2, -0.15) is 0 Å². The topological polar surface area (TPSA) is 77.0 Å². The van der Waals surface area contributed by atoms with Gasteiger partial charge in [0.15, 0.2) is 0 Å². The Labute approximate surface area is 77.6 Å². The second-order valence-electron chi connectivity index (χ2n) is 3.22. The Kier molecular flexibility index (Phi) is 3.39. The Balaban J connectivity index is 2.58. The molecule has 74 valence electrons. The van der Waals surface area contributed by atoms with Crippen molar-refractivity contribution in [3.8, 4) is 0 Å². The highest BCUT2D eigenvalue weighted by molar-refractivity contribution is 4.97. The van der Waals surface area contributed by atoms with E-state index in [-0.39, 0.29) is 12.1 Å². The van der Waals surface area contributed by atoms with Gasteiger partial charge in [-0.25, -0.2) is 4.68 Å². The van der Waals surface area contributed by atoms with Gasteiger partial charge in [-0.1, -0.05) is 12.1 Å². The minimum atomic E-state index is -0.359. The number of aromatic nitrogens is 3. The number of nitrogens with zero attached hydrogens (tertiary/aromatic N) is 3. The molecule has 0 aliphatic heterocycles. The molecule has 1 aromatic rings. The summed E-state index contributed by atoms with van der Waals surface area (Å²) in [6, 6.07) is -0.104. The molecular formula is C8H16N4O. The monoisotopic (exact) mass is 184 g/mol.